The number of unbranched alkanes of at least 4 members (excludes halogenated alkanes) is 1. The molecule has 0 aromatic heterocycles. The lowest BCUT2D eigenvalue weighted by Crippen LogP contribution is -2.60. The van der Waals surface area contributed by atoms with Gasteiger partial charge in [0.1, 0.15) is 42.3 Å². The molecule has 300 valence electrons. The monoisotopic (exact) mass is 754 g/mol. The van der Waals surface area contributed by atoms with Gasteiger partial charge in [0.05, 0.1) is 12.5 Å². The minimum Gasteiger partial charge on any atom is -0.391 e. The number of nitrogens with two attached hydrogens (primary N) is 3. The number of carbonyl (C=O) groups excluding carboxylic acids is 9. The highest BCUT2D eigenvalue weighted by Gasteiger charge is 2.40. The second-order valence-electron chi connectivity index (χ2n) is 13.7. The highest BCUT2D eigenvalue weighted by molar-refractivity contribution is 5.98. The predicted molar refractivity (Wildman–Crippen MR) is 190 cm³/mol. The molecule has 0 bridgehead atoms. The lowest BCUT2D eigenvalue weighted by atomic mass is 10.0. The molecule has 0 unspecified atom stereocenters. The summed E-state index contributed by atoms with van der Waals surface area (Å²) in [5.41, 5.74) is 16.2. The molecule has 0 radical (unpaired) electrons. The van der Waals surface area contributed by atoms with Crippen LogP contribution in [-0.4, -0.2) is 125 Å². The van der Waals surface area contributed by atoms with Gasteiger partial charge in [-0.2, -0.15) is 0 Å². The van der Waals surface area contributed by atoms with E-state index in [0.717, 1.165) is 0 Å². The van der Waals surface area contributed by atoms with Crippen LogP contribution < -0.4 is 49.1 Å². The van der Waals surface area contributed by atoms with Crippen LogP contribution in [-0.2, 0) is 43.2 Å². The number of primary amides is 2. The molecule has 0 saturated carbocycles. The Kier molecular flexibility index (Phi) is 19.4. The Morgan fingerprint density at radius 3 is 1.83 bits per heavy atom. The van der Waals surface area contributed by atoms with E-state index in [0.29, 0.717) is 25.8 Å². The number of hydrogen-bond acceptors (Lipinski definition) is 11. The summed E-state index contributed by atoms with van der Waals surface area (Å²) in [7, 11) is 0. The molecule has 0 aromatic rings. The Labute approximate surface area is 309 Å². The SMILES string of the molecule is CC(=O)N[C@@H](C)C(=O)N[C@@H](C)C(=O)N[C@@H](CC(C)C)C(=O)N[C@@H](CCCCN)C(=O)N1CCC[C@H]1C(=O)N[C@@H](CC(N)=O)C(=O)N[C@H](C(N)=O)[C@@H](C)O. The Hall–Kier alpha value is -4.85. The van der Waals surface area contributed by atoms with Gasteiger partial charge in [-0.1, -0.05) is 13.8 Å². The lowest BCUT2D eigenvalue weighted by Gasteiger charge is -2.31. The van der Waals surface area contributed by atoms with Crippen LogP contribution in [0.25, 0.3) is 0 Å². The van der Waals surface area contributed by atoms with Crippen LogP contribution in [0.2, 0.25) is 0 Å². The molecule has 1 saturated heterocycles. The molecule has 1 aliphatic heterocycles. The molecule has 1 heterocycles. The Morgan fingerprint density at radius 1 is 0.736 bits per heavy atom. The summed E-state index contributed by atoms with van der Waals surface area (Å²) in [6.07, 6.45) is -0.218. The molecule has 13 N–H and O–H groups in total. The number of hydrogen-bond donors (Lipinski definition) is 10. The van der Waals surface area contributed by atoms with Gasteiger partial charge >= 0.3 is 0 Å². The van der Waals surface area contributed by atoms with Gasteiger partial charge < -0.3 is 59.1 Å². The highest BCUT2D eigenvalue weighted by atomic mass is 16.3. The maximum atomic E-state index is 14.0. The van der Waals surface area contributed by atoms with Gasteiger partial charge in [-0.25, -0.2) is 0 Å². The predicted octanol–water partition coefficient (Wildman–Crippen LogP) is -4.14. The van der Waals surface area contributed by atoms with Gasteiger partial charge in [-0.05, 0) is 71.8 Å². The molecule has 1 fully saturated rings. The van der Waals surface area contributed by atoms with Crippen molar-refractivity contribution in [3.05, 3.63) is 0 Å². The fourth-order valence-corrected chi connectivity index (χ4v) is 5.66. The summed E-state index contributed by atoms with van der Waals surface area (Å²) in [6, 6.07) is -8.46. The number of likely N-dealkylation sites (tertiary alicyclic amines) is 1. The zero-order valence-electron chi connectivity index (χ0n) is 31.4. The van der Waals surface area contributed by atoms with Gasteiger partial charge in [0.15, 0.2) is 0 Å². The molecule has 1 aliphatic rings. The van der Waals surface area contributed by atoms with Crippen molar-refractivity contribution in [2.75, 3.05) is 13.1 Å². The van der Waals surface area contributed by atoms with Gasteiger partial charge in [-0.3, -0.25) is 43.2 Å². The van der Waals surface area contributed by atoms with E-state index < -0.39 is 108 Å². The first-order valence-electron chi connectivity index (χ1n) is 17.7. The maximum Gasteiger partial charge on any atom is 0.245 e. The van der Waals surface area contributed by atoms with E-state index in [9.17, 15) is 48.3 Å². The van der Waals surface area contributed by atoms with E-state index in [-0.39, 0.29) is 31.7 Å². The first-order chi connectivity index (χ1) is 24.7. The molecule has 8 atom stereocenters. The average molecular weight is 755 g/mol. The largest absolute Gasteiger partial charge is 0.391 e. The van der Waals surface area contributed by atoms with Crippen molar-refractivity contribution in [2.45, 2.75) is 135 Å². The summed E-state index contributed by atoms with van der Waals surface area (Å²) in [6.45, 7) is 9.41. The van der Waals surface area contributed by atoms with E-state index in [2.05, 4.69) is 31.9 Å². The van der Waals surface area contributed by atoms with Gasteiger partial charge in [-0.15, -0.1) is 0 Å². The minimum atomic E-state index is -1.57. The first kappa shape index (κ1) is 46.2. The second-order valence-corrected chi connectivity index (χ2v) is 13.7. The molecule has 0 spiro atoms. The smallest absolute Gasteiger partial charge is 0.245 e. The molecule has 0 aromatic carbocycles. The minimum absolute atomic E-state index is 0.0850. The molecule has 20 nitrogen and oxygen atoms in total. The number of nitrogens with one attached hydrogen (secondary N) is 6. The summed E-state index contributed by atoms with van der Waals surface area (Å²) in [4.78, 5) is 116. The molecular formula is C33H58N10O10. The Bertz CT molecular complexity index is 1340. The van der Waals surface area contributed by atoms with Crippen LogP contribution in [0, 0.1) is 5.92 Å². The third-order valence-corrected chi connectivity index (χ3v) is 8.43. The number of carbonyl (C=O) groups is 9. The van der Waals surface area contributed by atoms with Crippen molar-refractivity contribution in [1.82, 2.24) is 36.8 Å². The standard InChI is InChI=1S/C33H58N10O10/c1-16(2)14-22(40-29(49)18(4)38-28(48)17(3)37-20(6)45)30(50)39-21(10-7-8-12-34)33(53)43-13-9-11-24(43)32(52)41-23(15-25(35)46)31(51)42-26(19(5)44)27(36)47/h16-19,21-24,26,44H,7-15,34H2,1-6H3,(H2,35,46)(H2,36,47)(H,37,45)(H,38,48)(H,39,50)(H,40,49)(H,41,52)(H,42,51)/t17-,18-,19+,21-,22-,23-,24-,26-/m0/s1. The van der Waals surface area contributed by atoms with Crippen LogP contribution in [0.1, 0.15) is 86.5 Å². The first-order valence-corrected chi connectivity index (χ1v) is 17.7. The molecule has 9 amide bonds. The molecular weight excluding hydrogens is 696 g/mol. The molecule has 20 heteroatoms. The maximum absolute atomic E-state index is 14.0. The zero-order valence-corrected chi connectivity index (χ0v) is 31.4. The van der Waals surface area contributed by atoms with Crippen LogP contribution in [0.3, 0.4) is 0 Å². The number of rotatable bonds is 22. The van der Waals surface area contributed by atoms with Gasteiger partial charge in [0.2, 0.25) is 53.2 Å². The van der Waals surface area contributed by atoms with E-state index in [1.54, 1.807) is 0 Å². The zero-order chi connectivity index (χ0) is 40.6. The van der Waals surface area contributed by atoms with Gasteiger partial charge in [0, 0.05) is 13.5 Å². The number of aliphatic hydroxyl groups excluding tert-OH is 1. The van der Waals surface area contributed by atoms with Crippen molar-refractivity contribution in [2.24, 2.45) is 23.1 Å². The van der Waals surface area contributed by atoms with E-state index >= 15 is 0 Å². The summed E-state index contributed by atoms with van der Waals surface area (Å²) in [5.74, 6) is -6.92. The quantitative estimate of drug-likeness (QED) is 0.0473. The fraction of sp³-hybridized carbons (Fsp3) is 0.727. The van der Waals surface area contributed by atoms with E-state index in [1.165, 1.54) is 32.6 Å². The van der Waals surface area contributed by atoms with Crippen LogP contribution in [0.5, 0.6) is 0 Å². The van der Waals surface area contributed by atoms with Crippen molar-refractivity contribution in [3.8, 4) is 0 Å². The lowest BCUT2D eigenvalue weighted by molar-refractivity contribution is -0.143. The third kappa shape index (κ3) is 15.7. The van der Waals surface area contributed by atoms with Crippen LogP contribution >= 0.6 is 0 Å². The fourth-order valence-electron chi connectivity index (χ4n) is 5.66. The highest BCUT2D eigenvalue weighted by Crippen LogP contribution is 2.21. The number of nitrogens with zero attached hydrogens (tertiary/aromatic N) is 1. The molecule has 1 rings (SSSR count). The number of amides is 9. The van der Waals surface area contributed by atoms with E-state index in [4.69, 9.17) is 17.2 Å². The van der Waals surface area contributed by atoms with Crippen LogP contribution in [0.4, 0.5) is 0 Å². The second kappa shape index (κ2) is 22.3. The van der Waals surface area contributed by atoms with E-state index in [1.807, 2.05) is 13.8 Å². The normalized spacial score (nSPS) is 17.9. The third-order valence-electron chi connectivity index (χ3n) is 8.43. The summed E-state index contributed by atoms with van der Waals surface area (Å²) in [5, 5.41) is 24.7. The average Bonchev–Trinajstić information content (AvgIpc) is 3.55. The summed E-state index contributed by atoms with van der Waals surface area (Å²) < 4.78 is 0. The van der Waals surface area contributed by atoms with Crippen molar-refractivity contribution in [3.63, 3.8) is 0 Å². The van der Waals surface area contributed by atoms with Crippen LogP contribution in [0.15, 0.2) is 0 Å². The Balaban J connectivity index is 3.21. The van der Waals surface area contributed by atoms with Crippen molar-refractivity contribution < 1.29 is 48.3 Å². The molecule has 0 aliphatic carbocycles. The van der Waals surface area contributed by atoms with Crippen molar-refractivity contribution in [1.29, 1.82) is 0 Å². The number of aliphatic hydroxyl groups is 1. The van der Waals surface area contributed by atoms with Gasteiger partial charge in [0.25, 0.3) is 0 Å². The topological polar surface area (TPSA) is 327 Å². The Morgan fingerprint density at radius 2 is 1.30 bits per heavy atom. The summed E-state index contributed by atoms with van der Waals surface area (Å²) >= 11 is 0. The molecule has 53 heavy (non-hydrogen) atoms. The van der Waals surface area contributed by atoms with Crippen molar-refractivity contribution >= 4 is 53.2 Å².